The van der Waals surface area contributed by atoms with Crippen molar-refractivity contribution in [3.8, 4) is 0 Å². The van der Waals surface area contributed by atoms with Crippen LogP contribution in [0.25, 0.3) is 0 Å². The van der Waals surface area contributed by atoms with E-state index in [0.717, 1.165) is 64.2 Å². The first-order chi connectivity index (χ1) is 24.5. The molecule has 2 unspecified atom stereocenters. The Labute approximate surface area is 312 Å². The number of unbranched alkanes of at least 4 members (excludes halogenated alkanes) is 15. The first-order valence-corrected chi connectivity index (χ1v) is 21.4. The number of carbonyl (C=O) groups excluding carboxylic acids is 2. The van der Waals surface area contributed by atoms with Crippen molar-refractivity contribution >= 4 is 19.8 Å². The monoisotopic (exact) mass is 741 g/mol. The summed E-state index contributed by atoms with van der Waals surface area (Å²) in [7, 11) is 1.45. The van der Waals surface area contributed by atoms with E-state index in [9.17, 15) is 19.0 Å². The summed E-state index contributed by atoms with van der Waals surface area (Å²) in [5.41, 5.74) is 0. The van der Waals surface area contributed by atoms with Crippen LogP contribution in [0.5, 0.6) is 0 Å². The van der Waals surface area contributed by atoms with Gasteiger partial charge >= 0.3 is 19.8 Å². The molecule has 0 rings (SSSR count). The molecule has 0 heterocycles. The fourth-order valence-electron chi connectivity index (χ4n) is 5.01. The number of phosphoric ester groups is 1. The molecule has 0 amide bonds. The van der Waals surface area contributed by atoms with E-state index in [2.05, 4.69) is 44.2 Å². The van der Waals surface area contributed by atoms with Gasteiger partial charge in [0.05, 0.1) is 27.7 Å². The zero-order chi connectivity index (χ0) is 37.9. The molecule has 9 nitrogen and oxygen atoms in total. The second-order valence-corrected chi connectivity index (χ2v) is 15.8. The lowest BCUT2D eigenvalue weighted by molar-refractivity contribution is -0.870. The predicted molar refractivity (Wildman–Crippen MR) is 210 cm³/mol. The van der Waals surface area contributed by atoms with Gasteiger partial charge < -0.3 is 18.9 Å². The Balaban J connectivity index is 4.48. The van der Waals surface area contributed by atoms with E-state index in [4.69, 9.17) is 18.5 Å². The number of hydrogen-bond acceptors (Lipinski definition) is 7. The van der Waals surface area contributed by atoms with E-state index < -0.39 is 32.5 Å². The first kappa shape index (κ1) is 49.0. The van der Waals surface area contributed by atoms with Crippen LogP contribution >= 0.6 is 7.82 Å². The SMILES string of the molecule is CC/C=C/C=C/C=C/CCCCCCCC(=O)OC(COC(=O)CCCCC/C=C/CCCCCCCCC)COP(=O)(O)OCC[N+](C)(C)C. The maximum atomic E-state index is 12.6. The Hall–Kier alpha value is -2.03. The van der Waals surface area contributed by atoms with Crippen LogP contribution in [0.15, 0.2) is 48.6 Å². The molecule has 10 heteroatoms. The van der Waals surface area contributed by atoms with Gasteiger partial charge in [0.1, 0.15) is 19.8 Å². The fourth-order valence-corrected chi connectivity index (χ4v) is 5.75. The van der Waals surface area contributed by atoms with Crippen molar-refractivity contribution in [1.82, 2.24) is 0 Å². The molecular weight excluding hydrogens is 665 g/mol. The Morgan fingerprint density at radius 1 is 0.627 bits per heavy atom. The quantitative estimate of drug-likeness (QED) is 0.0171. The molecule has 1 N–H and O–H groups in total. The Morgan fingerprint density at radius 3 is 1.73 bits per heavy atom. The molecule has 0 aliphatic rings. The molecule has 0 radical (unpaired) electrons. The van der Waals surface area contributed by atoms with E-state index in [0.29, 0.717) is 23.9 Å². The van der Waals surface area contributed by atoms with Gasteiger partial charge in [-0.2, -0.15) is 0 Å². The van der Waals surface area contributed by atoms with Gasteiger partial charge in [-0.05, 0) is 57.8 Å². The van der Waals surface area contributed by atoms with Crippen LogP contribution in [0, 0.1) is 0 Å². The second kappa shape index (κ2) is 33.8. The van der Waals surface area contributed by atoms with Gasteiger partial charge in [-0.25, -0.2) is 4.57 Å². The van der Waals surface area contributed by atoms with Crippen molar-refractivity contribution in [2.45, 2.75) is 155 Å². The number of esters is 2. The minimum absolute atomic E-state index is 0.0235. The molecule has 0 aromatic carbocycles. The molecule has 51 heavy (non-hydrogen) atoms. The fraction of sp³-hybridized carbons (Fsp3) is 0.756. The smallest absolute Gasteiger partial charge is 0.462 e. The van der Waals surface area contributed by atoms with E-state index >= 15 is 0 Å². The summed E-state index contributed by atoms with van der Waals surface area (Å²) in [6.45, 7) is 4.22. The van der Waals surface area contributed by atoms with Gasteiger partial charge in [-0.15, -0.1) is 0 Å². The van der Waals surface area contributed by atoms with Gasteiger partial charge in [0.25, 0.3) is 0 Å². The average Bonchev–Trinajstić information content (AvgIpc) is 3.07. The summed E-state index contributed by atoms with van der Waals surface area (Å²) in [6.07, 6.45) is 37.3. The van der Waals surface area contributed by atoms with E-state index in [1.165, 1.54) is 44.9 Å². The van der Waals surface area contributed by atoms with Crippen LogP contribution in [-0.2, 0) is 32.7 Å². The molecule has 2 atom stereocenters. The average molecular weight is 741 g/mol. The van der Waals surface area contributed by atoms with Gasteiger partial charge in [0.15, 0.2) is 6.10 Å². The van der Waals surface area contributed by atoms with Crippen LogP contribution < -0.4 is 0 Å². The molecule has 0 aliphatic heterocycles. The molecule has 0 saturated carbocycles. The molecule has 0 bridgehead atoms. The third kappa shape index (κ3) is 37.5. The number of nitrogens with zero attached hydrogens (tertiary/aromatic N) is 1. The number of ether oxygens (including phenoxy) is 2. The highest BCUT2D eigenvalue weighted by molar-refractivity contribution is 7.47. The zero-order valence-electron chi connectivity index (χ0n) is 33.1. The standard InChI is InChI=1S/C41H74NO8P/c1-6-8-10-12-14-16-18-20-22-23-25-27-29-31-33-40(43)47-37-39(38-49-51(45,46)48-36-35-42(3,4)5)50-41(44)34-32-30-28-26-24-21-19-17-15-13-11-9-7-2/h9,11,13,15,17,19,22-23,39H,6-8,10,12,14,16,18,20-21,24-38H2,1-5H3/p+1/b11-9+,15-13+,19-17+,23-22+. The molecule has 296 valence electrons. The molecule has 0 fully saturated rings. The molecule has 0 aromatic heterocycles. The Kier molecular flexibility index (Phi) is 32.4. The van der Waals surface area contributed by atoms with Crippen LogP contribution in [0.4, 0.5) is 0 Å². The summed E-state index contributed by atoms with van der Waals surface area (Å²) in [5.74, 6) is -0.846. The van der Waals surface area contributed by atoms with Gasteiger partial charge in [0, 0.05) is 12.8 Å². The van der Waals surface area contributed by atoms with E-state index in [-0.39, 0.29) is 26.1 Å². The van der Waals surface area contributed by atoms with Crippen molar-refractivity contribution in [2.24, 2.45) is 0 Å². The van der Waals surface area contributed by atoms with Crippen molar-refractivity contribution in [3.63, 3.8) is 0 Å². The van der Waals surface area contributed by atoms with E-state index in [1.54, 1.807) is 0 Å². The van der Waals surface area contributed by atoms with Crippen molar-refractivity contribution in [3.05, 3.63) is 48.6 Å². The lowest BCUT2D eigenvalue weighted by atomic mass is 10.1. The summed E-state index contributed by atoms with van der Waals surface area (Å²) >= 11 is 0. The molecule has 0 spiro atoms. The van der Waals surface area contributed by atoms with Crippen LogP contribution in [0.1, 0.15) is 149 Å². The summed E-state index contributed by atoms with van der Waals surface area (Å²) < 4.78 is 34.1. The number of likely N-dealkylation sites (N-methyl/N-ethyl adjacent to an activating group) is 1. The van der Waals surface area contributed by atoms with E-state index in [1.807, 2.05) is 39.4 Å². The zero-order valence-corrected chi connectivity index (χ0v) is 34.0. The number of quaternary nitrogens is 1. The number of allylic oxidation sites excluding steroid dienone is 8. The van der Waals surface area contributed by atoms with Crippen LogP contribution in [0.3, 0.4) is 0 Å². The normalized spacial score (nSPS) is 14.2. The highest BCUT2D eigenvalue weighted by Crippen LogP contribution is 2.43. The van der Waals surface area contributed by atoms with Crippen molar-refractivity contribution < 1.29 is 42.1 Å². The van der Waals surface area contributed by atoms with Gasteiger partial charge in [0.2, 0.25) is 0 Å². The van der Waals surface area contributed by atoms with Crippen molar-refractivity contribution in [2.75, 3.05) is 47.5 Å². The third-order valence-corrected chi connectivity index (χ3v) is 9.14. The highest BCUT2D eigenvalue weighted by atomic mass is 31.2. The topological polar surface area (TPSA) is 108 Å². The van der Waals surface area contributed by atoms with Gasteiger partial charge in [-0.3, -0.25) is 18.6 Å². The number of rotatable bonds is 35. The van der Waals surface area contributed by atoms with Crippen LogP contribution in [0.2, 0.25) is 0 Å². The number of carbonyl (C=O) groups is 2. The summed E-state index contributed by atoms with van der Waals surface area (Å²) in [4.78, 5) is 35.2. The maximum absolute atomic E-state index is 12.6. The largest absolute Gasteiger partial charge is 0.472 e. The second-order valence-electron chi connectivity index (χ2n) is 14.3. The lowest BCUT2D eigenvalue weighted by Crippen LogP contribution is -2.37. The Morgan fingerprint density at radius 2 is 1.14 bits per heavy atom. The number of phosphoric acid groups is 1. The maximum Gasteiger partial charge on any atom is 0.472 e. The molecular formula is C41H75NO8P+. The third-order valence-electron chi connectivity index (χ3n) is 8.15. The van der Waals surface area contributed by atoms with Crippen LogP contribution in [-0.4, -0.2) is 74.9 Å². The summed E-state index contributed by atoms with van der Waals surface area (Å²) in [6, 6.07) is 0. The minimum Gasteiger partial charge on any atom is -0.462 e. The predicted octanol–water partition coefficient (Wildman–Crippen LogP) is 10.7. The molecule has 0 aromatic rings. The molecule has 0 aliphatic carbocycles. The van der Waals surface area contributed by atoms with Crippen molar-refractivity contribution in [1.29, 1.82) is 0 Å². The minimum atomic E-state index is -4.38. The van der Waals surface area contributed by atoms with Gasteiger partial charge in [-0.1, -0.05) is 127 Å². The Bertz CT molecular complexity index is 1020. The summed E-state index contributed by atoms with van der Waals surface area (Å²) in [5, 5.41) is 0. The first-order valence-electron chi connectivity index (χ1n) is 19.9. The number of hydrogen-bond donors (Lipinski definition) is 1. The highest BCUT2D eigenvalue weighted by Gasteiger charge is 2.27. The molecule has 0 saturated heterocycles. The lowest BCUT2D eigenvalue weighted by Gasteiger charge is -2.24.